The van der Waals surface area contributed by atoms with Crippen molar-refractivity contribution in [2.24, 2.45) is 0 Å². The first-order chi connectivity index (χ1) is 13.6. The number of nitrogens with zero attached hydrogens (tertiary/aromatic N) is 2. The molecule has 2 aromatic carbocycles. The molecule has 0 aliphatic carbocycles. The van der Waals surface area contributed by atoms with Crippen LogP contribution in [0.15, 0.2) is 63.9 Å². The zero-order chi connectivity index (χ0) is 21.2. The number of carbonyl (C=O) groups is 1. The van der Waals surface area contributed by atoms with Gasteiger partial charge in [-0.1, -0.05) is 28.1 Å². The van der Waals surface area contributed by atoms with Crippen molar-refractivity contribution in [2.45, 2.75) is 12.7 Å². The quantitative estimate of drug-likeness (QED) is 0.573. The summed E-state index contributed by atoms with van der Waals surface area (Å²) in [4.78, 5) is 24.2. The molecule has 0 spiro atoms. The Hall–Kier alpha value is -3.01. The minimum Gasteiger partial charge on any atom is -0.324 e. The van der Waals surface area contributed by atoms with E-state index >= 15 is 0 Å². The zero-order valence-electron chi connectivity index (χ0n) is 14.5. The minimum atomic E-state index is -4.90. The summed E-state index contributed by atoms with van der Waals surface area (Å²) < 4.78 is 53.4. The Morgan fingerprint density at radius 2 is 1.76 bits per heavy atom. The van der Waals surface area contributed by atoms with E-state index in [9.17, 15) is 27.2 Å². The molecule has 0 bridgehead atoms. The van der Waals surface area contributed by atoms with Crippen LogP contribution in [-0.4, -0.2) is 15.7 Å². The number of anilines is 1. The van der Waals surface area contributed by atoms with Crippen molar-refractivity contribution < 1.29 is 22.4 Å². The van der Waals surface area contributed by atoms with Crippen molar-refractivity contribution in [2.75, 3.05) is 5.32 Å². The monoisotopic (exact) mass is 469 g/mol. The second kappa shape index (κ2) is 8.16. The Labute approximate surface area is 170 Å². The lowest BCUT2D eigenvalue weighted by molar-refractivity contribution is -0.140. The number of aromatic nitrogens is 2. The highest BCUT2D eigenvalue weighted by atomic mass is 79.9. The van der Waals surface area contributed by atoms with Crippen molar-refractivity contribution >= 4 is 27.5 Å². The summed E-state index contributed by atoms with van der Waals surface area (Å²) in [5.41, 5.74) is -1.17. The summed E-state index contributed by atoms with van der Waals surface area (Å²) in [5, 5.41) is 6.33. The summed E-state index contributed by atoms with van der Waals surface area (Å²) in [6.45, 7) is -0.526. The molecule has 5 nitrogen and oxygen atoms in total. The number of alkyl halides is 3. The lowest BCUT2D eigenvalue weighted by atomic mass is 10.1. The van der Waals surface area contributed by atoms with Gasteiger partial charge in [0, 0.05) is 21.8 Å². The van der Waals surface area contributed by atoms with Crippen molar-refractivity contribution in [3.05, 3.63) is 80.8 Å². The van der Waals surface area contributed by atoms with E-state index in [4.69, 9.17) is 0 Å². The van der Waals surface area contributed by atoms with Gasteiger partial charge in [-0.2, -0.15) is 18.3 Å². The smallest absolute Gasteiger partial charge is 0.324 e. The number of rotatable bonds is 4. The maximum absolute atomic E-state index is 13.3. The zero-order valence-corrected chi connectivity index (χ0v) is 16.1. The molecule has 1 heterocycles. The first kappa shape index (κ1) is 20.7. The number of amides is 1. The van der Waals surface area contributed by atoms with Gasteiger partial charge in [-0.05, 0) is 36.4 Å². The lowest BCUT2D eigenvalue weighted by Crippen LogP contribution is -2.29. The van der Waals surface area contributed by atoms with Crippen LogP contribution < -0.4 is 10.9 Å². The fraction of sp³-hybridized carbons (Fsp3) is 0.105. The van der Waals surface area contributed by atoms with Crippen molar-refractivity contribution in [1.82, 2.24) is 9.78 Å². The minimum absolute atomic E-state index is 0.249. The van der Waals surface area contributed by atoms with E-state index in [1.807, 2.05) is 0 Å². The van der Waals surface area contributed by atoms with Gasteiger partial charge in [-0.25, -0.2) is 9.07 Å². The van der Waals surface area contributed by atoms with Gasteiger partial charge < -0.3 is 5.32 Å². The Morgan fingerprint density at radius 3 is 2.41 bits per heavy atom. The highest BCUT2D eigenvalue weighted by molar-refractivity contribution is 9.10. The van der Waals surface area contributed by atoms with Gasteiger partial charge >= 0.3 is 6.18 Å². The van der Waals surface area contributed by atoms with Gasteiger partial charge in [0.15, 0.2) is 0 Å². The summed E-state index contributed by atoms with van der Waals surface area (Å²) in [6.07, 6.45) is -4.90. The molecular formula is C19H12BrF4N3O2. The predicted molar refractivity (Wildman–Crippen MR) is 102 cm³/mol. The van der Waals surface area contributed by atoms with Gasteiger partial charge in [0.1, 0.15) is 12.4 Å². The molecule has 0 aliphatic heterocycles. The van der Waals surface area contributed by atoms with Crippen LogP contribution in [0.25, 0.3) is 11.3 Å². The molecule has 1 N–H and O–H groups in total. The predicted octanol–water partition coefficient (Wildman–Crippen LogP) is 4.47. The van der Waals surface area contributed by atoms with E-state index in [2.05, 4.69) is 26.3 Å². The molecule has 0 radical (unpaired) electrons. The van der Waals surface area contributed by atoms with Crippen LogP contribution in [-0.2, 0) is 17.5 Å². The number of hydrogen-bond acceptors (Lipinski definition) is 3. The van der Waals surface area contributed by atoms with Crippen molar-refractivity contribution in [3.8, 4) is 11.3 Å². The second-order valence-corrected chi connectivity index (χ2v) is 6.88. The van der Waals surface area contributed by atoms with Gasteiger partial charge in [-0.3, -0.25) is 9.59 Å². The molecule has 29 heavy (non-hydrogen) atoms. The molecule has 3 aromatic rings. The van der Waals surface area contributed by atoms with Crippen LogP contribution in [0.5, 0.6) is 0 Å². The third-order valence-corrected chi connectivity index (χ3v) is 4.38. The van der Waals surface area contributed by atoms with Crippen molar-refractivity contribution in [1.29, 1.82) is 0 Å². The average molecular weight is 470 g/mol. The topological polar surface area (TPSA) is 64.0 Å². The second-order valence-electron chi connectivity index (χ2n) is 5.96. The van der Waals surface area contributed by atoms with E-state index in [1.54, 1.807) is 24.3 Å². The third-order valence-electron chi connectivity index (χ3n) is 3.86. The number of halogens is 5. The van der Waals surface area contributed by atoms with Crippen LogP contribution in [0.1, 0.15) is 5.56 Å². The Kier molecular flexibility index (Phi) is 5.83. The normalized spacial score (nSPS) is 11.3. The van der Waals surface area contributed by atoms with Crippen LogP contribution >= 0.6 is 15.9 Å². The van der Waals surface area contributed by atoms with E-state index in [0.717, 1.165) is 15.2 Å². The number of benzene rings is 2. The summed E-state index contributed by atoms with van der Waals surface area (Å²) in [5.74, 6) is -2.23. The fourth-order valence-corrected chi connectivity index (χ4v) is 2.76. The molecule has 1 amide bonds. The molecule has 0 saturated heterocycles. The van der Waals surface area contributed by atoms with Gasteiger partial charge in [0.05, 0.1) is 11.3 Å². The van der Waals surface area contributed by atoms with Crippen LogP contribution in [0.3, 0.4) is 0 Å². The molecule has 3 rings (SSSR count). The van der Waals surface area contributed by atoms with E-state index in [-0.39, 0.29) is 5.69 Å². The molecular weight excluding hydrogens is 458 g/mol. The molecule has 150 valence electrons. The van der Waals surface area contributed by atoms with Gasteiger partial charge in [0.2, 0.25) is 5.91 Å². The Balaban J connectivity index is 1.80. The third kappa shape index (κ3) is 5.08. The van der Waals surface area contributed by atoms with E-state index in [0.29, 0.717) is 23.4 Å². The highest BCUT2D eigenvalue weighted by Crippen LogP contribution is 2.33. The first-order valence-corrected chi connectivity index (χ1v) is 8.93. The Bertz CT molecular complexity index is 1110. The molecule has 0 atom stereocenters. The SMILES string of the molecule is O=C(Cn1nc(-c2ccc(Br)cc2)ccc1=O)Nc1ccc(F)c(C(F)(F)F)c1. The van der Waals surface area contributed by atoms with Crippen LogP contribution in [0.4, 0.5) is 23.2 Å². The molecule has 1 aromatic heterocycles. The first-order valence-electron chi connectivity index (χ1n) is 8.14. The molecule has 0 saturated carbocycles. The number of nitrogens with one attached hydrogen (secondary N) is 1. The molecule has 10 heteroatoms. The van der Waals surface area contributed by atoms with Gasteiger partial charge in [0.25, 0.3) is 5.56 Å². The standard InChI is InChI=1S/C19H12BrF4N3O2/c20-12-3-1-11(2-4-12)16-7-8-18(29)27(26-16)10-17(28)25-13-5-6-15(21)14(9-13)19(22,23)24/h1-9H,10H2,(H,25,28). The summed E-state index contributed by atoms with van der Waals surface area (Å²) in [6, 6.07) is 11.9. The summed E-state index contributed by atoms with van der Waals surface area (Å²) in [7, 11) is 0. The molecule has 0 aliphatic rings. The maximum Gasteiger partial charge on any atom is 0.419 e. The van der Waals surface area contributed by atoms with E-state index in [1.165, 1.54) is 12.1 Å². The van der Waals surface area contributed by atoms with E-state index < -0.39 is 35.6 Å². The number of hydrogen-bond donors (Lipinski definition) is 1. The van der Waals surface area contributed by atoms with Crippen LogP contribution in [0, 0.1) is 5.82 Å². The largest absolute Gasteiger partial charge is 0.419 e. The van der Waals surface area contributed by atoms with Crippen LogP contribution in [0.2, 0.25) is 0 Å². The fourth-order valence-electron chi connectivity index (χ4n) is 2.49. The molecule has 0 fully saturated rings. The highest BCUT2D eigenvalue weighted by Gasteiger charge is 2.34. The molecule has 0 unspecified atom stereocenters. The maximum atomic E-state index is 13.3. The van der Waals surface area contributed by atoms with Crippen molar-refractivity contribution in [3.63, 3.8) is 0 Å². The average Bonchev–Trinajstić information content (AvgIpc) is 2.65. The lowest BCUT2D eigenvalue weighted by Gasteiger charge is -2.11. The summed E-state index contributed by atoms with van der Waals surface area (Å²) >= 11 is 3.31. The number of carbonyl (C=O) groups excluding carboxylic acids is 1. The Morgan fingerprint density at radius 1 is 1.07 bits per heavy atom. The van der Waals surface area contributed by atoms with Gasteiger partial charge in [-0.15, -0.1) is 0 Å².